The summed E-state index contributed by atoms with van der Waals surface area (Å²) in [5, 5.41) is 3.55. The average Bonchev–Trinajstić information content (AvgIpc) is 2.90. The van der Waals surface area contributed by atoms with Crippen molar-refractivity contribution in [2.24, 2.45) is 5.92 Å². The Morgan fingerprint density at radius 1 is 0.900 bits per heavy atom. The van der Waals surface area contributed by atoms with Gasteiger partial charge in [-0.25, -0.2) is 0 Å². The number of hydrogen-bond acceptors (Lipinski definition) is 1. The second-order valence-corrected chi connectivity index (χ2v) is 7.05. The minimum Gasteiger partial charge on any atom is -0.316 e. The van der Waals surface area contributed by atoms with Crippen molar-refractivity contribution in [1.82, 2.24) is 5.32 Å². The number of hydrogen-bond donors (Lipinski definition) is 1. The molecule has 1 nitrogen and oxygen atoms in total. The maximum atomic E-state index is 3.70. The lowest BCUT2D eigenvalue weighted by molar-refractivity contribution is 0.514. The molecule has 0 amide bonds. The van der Waals surface area contributed by atoms with Crippen LogP contribution in [0.3, 0.4) is 0 Å². The average molecular weight is 395 g/mol. The topological polar surface area (TPSA) is 12.0 Å². The van der Waals surface area contributed by atoms with Gasteiger partial charge in [0.05, 0.1) is 0 Å². The summed E-state index contributed by atoms with van der Waals surface area (Å²) in [5.41, 5.74) is 2.83. The molecule has 1 fully saturated rings. The van der Waals surface area contributed by atoms with Crippen molar-refractivity contribution in [3.63, 3.8) is 0 Å². The summed E-state index contributed by atoms with van der Waals surface area (Å²) in [6.07, 6.45) is 1.11. The number of benzene rings is 2. The molecule has 0 radical (unpaired) electrons. The van der Waals surface area contributed by atoms with Gasteiger partial charge < -0.3 is 5.32 Å². The van der Waals surface area contributed by atoms with Crippen LogP contribution < -0.4 is 5.32 Å². The Balaban J connectivity index is 1.83. The third-order valence-corrected chi connectivity index (χ3v) is 5.58. The van der Waals surface area contributed by atoms with Gasteiger partial charge in [-0.05, 0) is 42.1 Å². The summed E-state index contributed by atoms with van der Waals surface area (Å²) >= 11 is 7.36. The van der Waals surface area contributed by atoms with E-state index in [-0.39, 0.29) is 0 Å². The van der Waals surface area contributed by atoms with Crippen molar-refractivity contribution in [2.75, 3.05) is 13.1 Å². The first-order valence-corrected chi connectivity index (χ1v) is 8.53. The molecule has 20 heavy (non-hydrogen) atoms. The van der Waals surface area contributed by atoms with E-state index < -0.39 is 0 Å². The van der Waals surface area contributed by atoms with Gasteiger partial charge in [0.15, 0.2) is 0 Å². The maximum absolute atomic E-state index is 3.70. The molecule has 2 aromatic rings. The van der Waals surface area contributed by atoms with E-state index in [1.807, 2.05) is 0 Å². The molecule has 1 aliphatic rings. The summed E-state index contributed by atoms with van der Waals surface area (Å²) < 4.78 is 2.45. The van der Waals surface area contributed by atoms with Gasteiger partial charge in [-0.2, -0.15) is 0 Å². The molecular formula is C17H17Br2N. The van der Waals surface area contributed by atoms with Gasteiger partial charge in [-0.1, -0.05) is 68.3 Å². The first kappa shape index (κ1) is 14.3. The Morgan fingerprint density at radius 2 is 1.60 bits per heavy atom. The summed E-state index contributed by atoms with van der Waals surface area (Å²) in [6, 6.07) is 17.1. The second kappa shape index (κ2) is 6.42. The van der Waals surface area contributed by atoms with Gasteiger partial charge in [0, 0.05) is 21.4 Å². The Labute approximate surface area is 137 Å². The van der Waals surface area contributed by atoms with Gasteiger partial charge in [0.1, 0.15) is 0 Å². The number of halogens is 2. The van der Waals surface area contributed by atoms with Crippen LogP contribution in [-0.2, 0) is 6.42 Å². The Bertz CT molecular complexity index is 597. The summed E-state index contributed by atoms with van der Waals surface area (Å²) in [6.45, 7) is 2.16. The van der Waals surface area contributed by atoms with Gasteiger partial charge in [0.25, 0.3) is 0 Å². The second-order valence-electron chi connectivity index (χ2n) is 5.34. The van der Waals surface area contributed by atoms with E-state index in [0.29, 0.717) is 11.8 Å². The molecule has 0 aromatic heterocycles. The molecule has 0 saturated carbocycles. The van der Waals surface area contributed by atoms with Gasteiger partial charge in [-0.15, -0.1) is 0 Å². The predicted molar refractivity (Wildman–Crippen MR) is 91.1 cm³/mol. The summed E-state index contributed by atoms with van der Waals surface area (Å²) in [5.74, 6) is 1.23. The van der Waals surface area contributed by atoms with E-state index in [1.165, 1.54) is 20.1 Å². The highest BCUT2D eigenvalue weighted by Gasteiger charge is 2.29. The van der Waals surface area contributed by atoms with Gasteiger partial charge in [-0.3, -0.25) is 0 Å². The minimum absolute atomic E-state index is 0.581. The molecule has 3 rings (SSSR count). The normalized spacial score (nSPS) is 22.1. The van der Waals surface area contributed by atoms with Crippen molar-refractivity contribution in [3.05, 3.63) is 68.6 Å². The predicted octanol–water partition coefficient (Wildman–Crippen LogP) is 4.76. The van der Waals surface area contributed by atoms with Crippen LogP contribution in [0.1, 0.15) is 17.0 Å². The Hall–Kier alpha value is -0.640. The molecular weight excluding hydrogens is 378 g/mol. The summed E-state index contributed by atoms with van der Waals surface area (Å²) in [7, 11) is 0. The van der Waals surface area contributed by atoms with Crippen LogP contribution in [-0.4, -0.2) is 13.1 Å². The van der Waals surface area contributed by atoms with Crippen molar-refractivity contribution < 1.29 is 0 Å². The van der Waals surface area contributed by atoms with Crippen molar-refractivity contribution in [1.29, 1.82) is 0 Å². The van der Waals surface area contributed by atoms with Crippen LogP contribution in [0.2, 0.25) is 0 Å². The van der Waals surface area contributed by atoms with Crippen molar-refractivity contribution >= 4 is 31.9 Å². The fraction of sp³-hybridized carbons (Fsp3) is 0.294. The molecule has 104 valence electrons. The molecule has 0 spiro atoms. The number of rotatable bonds is 3. The first-order valence-electron chi connectivity index (χ1n) is 6.94. The maximum Gasteiger partial charge on any atom is 0.0210 e. The highest BCUT2D eigenvalue weighted by Crippen LogP contribution is 2.35. The zero-order chi connectivity index (χ0) is 13.9. The Kier molecular flexibility index (Phi) is 4.59. The molecule has 1 N–H and O–H groups in total. The van der Waals surface area contributed by atoms with E-state index >= 15 is 0 Å². The zero-order valence-corrected chi connectivity index (χ0v) is 14.3. The van der Waals surface area contributed by atoms with E-state index in [4.69, 9.17) is 0 Å². The van der Waals surface area contributed by atoms with E-state index in [9.17, 15) is 0 Å². The lowest BCUT2D eigenvalue weighted by Crippen LogP contribution is -2.14. The Morgan fingerprint density at radius 3 is 2.35 bits per heavy atom. The van der Waals surface area contributed by atoms with Gasteiger partial charge >= 0.3 is 0 Å². The van der Waals surface area contributed by atoms with Crippen LogP contribution in [0.5, 0.6) is 0 Å². The highest BCUT2D eigenvalue weighted by molar-refractivity contribution is 9.10. The fourth-order valence-electron chi connectivity index (χ4n) is 3.03. The lowest BCUT2D eigenvalue weighted by atomic mass is 9.85. The molecule has 3 heteroatoms. The third-order valence-electron chi connectivity index (χ3n) is 4.08. The van der Waals surface area contributed by atoms with Gasteiger partial charge in [0.2, 0.25) is 0 Å². The molecule has 2 unspecified atom stereocenters. The molecule has 1 heterocycles. The summed E-state index contributed by atoms with van der Waals surface area (Å²) in [4.78, 5) is 0. The monoisotopic (exact) mass is 393 g/mol. The molecule has 0 bridgehead atoms. The first-order chi connectivity index (χ1) is 9.75. The fourth-order valence-corrected chi connectivity index (χ4v) is 4.06. The smallest absolute Gasteiger partial charge is 0.0210 e. The zero-order valence-electron chi connectivity index (χ0n) is 11.2. The van der Waals surface area contributed by atoms with Crippen LogP contribution >= 0.6 is 31.9 Å². The standard InChI is InChI=1S/C17H17Br2N/c18-16-7-3-1-5-12(16)9-13-10-20-11-15(13)14-6-2-4-8-17(14)19/h1-8,13,15,20H,9-11H2. The SMILES string of the molecule is Brc1ccccc1CC1CNCC1c1ccccc1Br. The lowest BCUT2D eigenvalue weighted by Gasteiger charge is -2.20. The molecule has 0 aliphatic carbocycles. The van der Waals surface area contributed by atoms with E-state index in [0.717, 1.165) is 19.5 Å². The molecule has 1 aliphatic heterocycles. The third kappa shape index (κ3) is 3.00. The van der Waals surface area contributed by atoms with Crippen molar-refractivity contribution in [3.8, 4) is 0 Å². The van der Waals surface area contributed by atoms with Crippen LogP contribution in [0, 0.1) is 5.92 Å². The van der Waals surface area contributed by atoms with Crippen LogP contribution in [0.4, 0.5) is 0 Å². The van der Waals surface area contributed by atoms with E-state index in [1.54, 1.807) is 0 Å². The number of nitrogens with one attached hydrogen (secondary N) is 1. The van der Waals surface area contributed by atoms with Crippen LogP contribution in [0.25, 0.3) is 0 Å². The van der Waals surface area contributed by atoms with Crippen LogP contribution in [0.15, 0.2) is 57.5 Å². The highest BCUT2D eigenvalue weighted by atomic mass is 79.9. The molecule has 2 atom stereocenters. The largest absolute Gasteiger partial charge is 0.316 e. The molecule has 1 saturated heterocycles. The van der Waals surface area contributed by atoms with E-state index in [2.05, 4.69) is 85.7 Å². The van der Waals surface area contributed by atoms with Crippen molar-refractivity contribution in [2.45, 2.75) is 12.3 Å². The molecule has 2 aromatic carbocycles. The quantitative estimate of drug-likeness (QED) is 0.791. The minimum atomic E-state index is 0.581.